The second-order valence-corrected chi connectivity index (χ2v) is 5.30. The van der Waals surface area contributed by atoms with E-state index < -0.39 is 0 Å². The second-order valence-electron chi connectivity index (χ2n) is 5.30. The Bertz CT molecular complexity index is 512. The molecule has 4 heteroatoms. The number of hydrogen-bond donors (Lipinski definition) is 1. The number of nitrogens with one attached hydrogen (secondary N) is 1. The van der Waals surface area contributed by atoms with Gasteiger partial charge in [0, 0.05) is 20.1 Å². The number of carbonyl (C=O) groups is 1. The Morgan fingerprint density at radius 2 is 2.11 bits per heavy atom. The van der Waals surface area contributed by atoms with Gasteiger partial charge in [-0.3, -0.25) is 4.79 Å². The molecule has 1 N–H and O–H groups in total. The number of aryl methyl sites for hydroxylation is 1. The Morgan fingerprint density at radius 3 is 2.89 bits per heavy atom. The normalized spacial score (nSPS) is 22.8. The maximum atomic E-state index is 12.1. The van der Waals surface area contributed by atoms with Crippen molar-refractivity contribution in [3.8, 4) is 0 Å². The van der Waals surface area contributed by atoms with Crippen molar-refractivity contribution in [1.82, 2.24) is 5.32 Å². The van der Waals surface area contributed by atoms with Crippen molar-refractivity contribution in [3.05, 3.63) is 23.3 Å². The second kappa shape index (κ2) is 3.99. The van der Waals surface area contributed by atoms with Crippen molar-refractivity contribution in [2.75, 3.05) is 36.5 Å². The average molecular weight is 245 g/mol. The number of piperazine rings is 1. The quantitative estimate of drug-likeness (QED) is 0.742. The fourth-order valence-electron chi connectivity index (χ4n) is 3.07. The third-order valence-corrected chi connectivity index (χ3v) is 4.10. The zero-order valence-corrected chi connectivity index (χ0v) is 11.2. The molecule has 1 fully saturated rings. The lowest BCUT2D eigenvalue weighted by Crippen LogP contribution is -2.61. The fourth-order valence-corrected chi connectivity index (χ4v) is 3.07. The van der Waals surface area contributed by atoms with Gasteiger partial charge in [-0.1, -0.05) is 6.07 Å². The van der Waals surface area contributed by atoms with E-state index >= 15 is 0 Å². The summed E-state index contributed by atoms with van der Waals surface area (Å²) in [5.74, 6) is 0.184. The molecule has 0 aromatic heterocycles. The van der Waals surface area contributed by atoms with E-state index in [9.17, 15) is 4.79 Å². The molecule has 2 aliphatic rings. The highest BCUT2D eigenvalue weighted by Gasteiger charge is 2.36. The lowest BCUT2D eigenvalue weighted by molar-refractivity contribution is -0.119. The lowest BCUT2D eigenvalue weighted by atomic mass is 9.99. The number of amides is 1. The molecule has 96 valence electrons. The third kappa shape index (κ3) is 1.52. The monoisotopic (exact) mass is 245 g/mol. The van der Waals surface area contributed by atoms with Crippen LogP contribution in [-0.4, -0.2) is 38.6 Å². The fraction of sp³-hybridized carbons (Fsp3) is 0.500. The molecule has 1 aromatic carbocycles. The number of benzene rings is 1. The maximum absolute atomic E-state index is 12.1. The van der Waals surface area contributed by atoms with E-state index in [2.05, 4.69) is 43.2 Å². The molecule has 1 amide bonds. The molecular formula is C14H19N3O. The highest BCUT2D eigenvalue weighted by Crippen LogP contribution is 2.39. The van der Waals surface area contributed by atoms with Crippen molar-refractivity contribution >= 4 is 17.3 Å². The van der Waals surface area contributed by atoms with Crippen LogP contribution in [0.3, 0.4) is 0 Å². The zero-order chi connectivity index (χ0) is 12.9. The van der Waals surface area contributed by atoms with Crippen LogP contribution in [0.2, 0.25) is 0 Å². The summed E-state index contributed by atoms with van der Waals surface area (Å²) in [7, 11) is 2.11. The van der Waals surface area contributed by atoms with E-state index in [4.69, 9.17) is 0 Å². The maximum Gasteiger partial charge on any atom is 0.241 e. The number of nitrogens with zero attached hydrogens (tertiary/aromatic N) is 2. The molecule has 3 rings (SSSR count). The summed E-state index contributed by atoms with van der Waals surface area (Å²) in [6.45, 7) is 6.48. The summed E-state index contributed by atoms with van der Waals surface area (Å²) >= 11 is 0. The van der Waals surface area contributed by atoms with Crippen LogP contribution in [0.5, 0.6) is 0 Å². The molecule has 2 heterocycles. The van der Waals surface area contributed by atoms with Crippen LogP contribution in [0.1, 0.15) is 11.1 Å². The van der Waals surface area contributed by atoms with Crippen molar-refractivity contribution in [3.63, 3.8) is 0 Å². The van der Waals surface area contributed by atoms with Gasteiger partial charge in [0.05, 0.1) is 24.0 Å². The van der Waals surface area contributed by atoms with Gasteiger partial charge in [-0.25, -0.2) is 0 Å². The Hall–Kier alpha value is -1.55. The highest BCUT2D eigenvalue weighted by atomic mass is 16.2. The van der Waals surface area contributed by atoms with Crippen LogP contribution in [-0.2, 0) is 4.79 Å². The van der Waals surface area contributed by atoms with Gasteiger partial charge >= 0.3 is 0 Å². The topological polar surface area (TPSA) is 35.6 Å². The predicted octanol–water partition coefficient (Wildman–Crippen LogP) is 1.06. The van der Waals surface area contributed by atoms with E-state index in [1.165, 1.54) is 16.8 Å². The van der Waals surface area contributed by atoms with Gasteiger partial charge in [0.15, 0.2) is 0 Å². The summed E-state index contributed by atoms with van der Waals surface area (Å²) in [6.07, 6.45) is 0. The van der Waals surface area contributed by atoms with Gasteiger partial charge in [-0.2, -0.15) is 0 Å². The van der Waals surface area contributed by atoms with Crippen LogP contribution >= 0.6 is 0 Å². The minimum Gasteiger partial charge on any atom is -0.371 e. The van der Waals surface area contributed by atoms with Gasteiger partial charge in [0.25, 0.3) is 0 Å². The lowest BCUT2D eigenvalue weighted by Gasteiger charge is -2.45. The van der Waals surface area contributed by atoms with Crippen molar-refractivity contribution < 1.29 is 4.79 Å². The Kier molecular flexibility index (Phi) is 2.55. The molecule has 2 aliphatic heterocycles. The largest absolute Gasteiger partial charge is 0.371 e. The molecule has 0 spiro atoms. The molecule has 0 saturated carbocycles. The van der Waals surface area contributed by atoms with E-state index in [1.807, 2.05) is 4.90 Å². The van der Waals surface area contributed by atoms with Crippen LogP contribution in [0.15, 0.2) is 12.1 Å². The number of fused-ring (bicyclic) bond motifs is 3. The molecular weight excluding hydrogens is 226 g/mol. The summed E-state index contributed by atoms with van der Waals surface area (Å²) in [4.78, 5) is 16.4. The number of rotatable bonds is 0. The molecule has 0 radical (unpaired) electrons. The summed E-state index contributed by atoms with van der Waals surface area (Å²) in [6, 6.07) is 4.45. The summed E-state index contributed by atoms with van der Waals surface area (Å²) < 4.78 is 0. The molecule has 4 nitrogen and oxygen atoms in total. The van der Waals surface area contributed by atoms with E-state index in [1.54, 1.807) is 0 Å². The number of likely N-dealkylation sites (N-methyl/N-ethyl adjacent to an activating group) is 1. The molecule has 0 bridgehead atoms. The first kappa shape index (κ1) is 11.5. The van der Waals surface area contributed by atoms with Crippen molar-refractivity contribution in [2.24, 2.45) is 0 Å². The van der Waals surface area contributed by atoms with E-state index in [0.717, 1.165) is 18.8 Å². The van der Waals surface area contributed by atoms with Gasteiger partial charge in [0.2, 0.25) is 5.91 Å². The van der Waals surface area contributed by atoms with Crippen molar-refractivity contribution in [1.29, 1.82) is 0 Å². The zero-order valence-electron chi connectivity index (χ0n) is 11.2. The SMILES string of the molecule is Cc1ccc2c(c1C)N(C)CC1CNCC(=O)N21. The standard InChI is InChI=1S/C14H19N3O/c1-9-4-5-12-14(10(9)2)16(3)8-11-6-15-7-13(18)17(11)12/h4-5,11,15H,6-8H2,1-3H3. The molecule has 18 heavy (non-hydrogen) atoms. The third-order valence-electron chi connectivity index (χ3n) is 4.10. The van der Waals surface area contributed by atoms with Crippen LogP contribution in [0, 0.1) is 13.8 Å². The number of carbonyl (C=O) groups excluding carboxylic acids is 1. The van der Waals surface area contributed by atoms with E-state index in [0.29, 0.717) is 6.54 Å². The van der Waals surface area contributed by atoms with Crippen LogP contribution in [0.4, 0.5) is 11.4 Å². The Balaban J connectivity index is 2.16. The minimum absolute atomic E-state index is 0.184. The first-order valence-electron chi connectivity index (χ1n) is 6.43. The average Bonchev–Trinajstić information content (AvgIpc) is 2.33. The van der Waals surface area contributed by atoms with Crippen molar-refractivity contribution in [2.45, 2.75) is 19.9 Å². The van der Waals surface area contributed by atoms with Crippen LogP contribution < -0.4 is 15.1 Å². The van der Waals surface area contributed by atoms with Gasteiger partial charge in [-0.15, -0.1) is 0 Å². The smallest absolute Gasteiger partial charge is 0.241 e. The Labute approximate surface area is 108 Å². The molecule has 1 aromatic rings. The molecule has 1 saturated heterocycles. The van der Waals surface area contributed by atoms with Crippen LogP contribution in [0.25, 0.3) is 0 Å². The predicted molar refractivity (Wildman–Crippen MR) is 73.3 cm³/mol. The minimum atomic E-state index is 0.184. The number of hydrogen-bond acceptors (Lipinski definition) is 3. The van der Waals surface area contributed by atoms with E-state index in [-0.39, 0.29) is 11.9 Å². The summed E-state index contributed by atoms with van der Waals surface area (Å²) in [5.41, 5.74) is 4.84. The molecule has 1 unspecified atom stereocenters. The number of anilines is 2. The van der Waals surface area contributed by atoms with Gasteiger partial charge in [0.1, 0.15) is 0 Å². The first-order valence-corrected chi connectivity index (χ1v) is 6.43. The first-order chi connectivity index (χ1) is 8.59. The molecule has 1 atom stereocenters. The van der Waals surface area contributed by atoms with Gasteiger partial charge < -0.3 is 15.1 Å². The van der Waals surface area contributed by atoms with Gasteiger partial charge in [-0.05, 0) is 31.0 Å². The molecule has 0 aliphatic carbocycles. The Morgan fingerprint density at radius 1 is 1.33 bits per heavy atom. The summed E-state index contributed by atoms with van der Waals surface area (Å²) in [5, 5.41) is 3.19. The highest BCUT2D eigenvalue weighted by molar-refractivity contribution is 6.01.